The molecule has 13 heavy (non-hydrogen) atoms. The molecule has 1 rings (SSSR count). The Kier molecular flexibility index (Phi) is 3.50. The third-order valence-corrected chi connectivity index (χ3v) is 2.39. The first kappa shape index (κ1) is 10.7. The Labute approximate surface area is 89.9 Å². The van der Waals surface area contributed by atoms with Crippen LogP contribution in [0.5, 0.6) is 0 Å². The SMILES string of the molecule is CC(Br)C(=O)c1cc(F)ccc1S. The van der Waals surface area contributed by atoms with Gasteiger partial charge in [-0.15, -0.1) is 12.6 Å². The van der Waals surface area contributed by atoms with Crippen molar-refractivity contribution >= 4 is 34.3 Å². The molecule has 0 radical (unpaired) electrons. The quantitative estimate of drug-likeness (QED) is 0.493. The van der Waals surface area contributed by atoms with E-state index in [2.05, 4.69) is 28.6 Å². The summed E-state index contributed by atoms with van der Waals surface area (Å²) in [5, 5.41) is 0. The van der Waals surface area contributed by atoms with Crippen molar-refractivity contribution in [2.75, 3.05) is 0 Å². The third-order valence-electron chi connectivity index (χ3n) is 1.59. The van der Waals surface area contributed by atoms with E-state index in [4.69, 9.17) is 0 Å². The minimum atomic E-state index is -0.422. The molecular formula is C9H8BrFOS. The van der Waals surface area contributed by atoms with Crippen LogP contribution in [0.1, 0.15) is 17.3 Å². The largest absolute Gasteiger partial charge is 0.293 e. The molecule has 0 saturated carbocycles. The summed E-state index contributed by atoms with van der Waals surface area (Å²) in [5.41, 5.74) is 0.313. The number of carbonyl (C=O) groups is 1. The fourth-order valence-corrected chi connectivity index (χ4v) is 1.42. The van der Waals surface area contributed by atoms with E-state index in [-0.39, 0.29) is 10.6 Å². The molecule has 0 fully saturated rings. The number of thiol groups is 1. The first-order valence-electron chi connectivity index (χ1n) is 3.69. The molecule has 0 bridgehead atoms. The van der Waals surface area contributed by atoms with E-state index in [0.29, 0.717) is 10.5 Å². The summed E-state index contributed by atoms with van der Waals surface area (Å²) < 4.78 is 12.8. The monoisotopic (exact) mass is 262 g/mol. The van der Waals surface area contributed by atoms with Gasteiger partial charge in [0, 0.05) is 10.5 Å². The second-order valence-corrected chi connectivity index (χ2v) is 4.50. The molecule has 0 aromatic heterocycles. The van der Waals surface area contributed by atoms with Crippen LogP contribution in [0.4, 0.5) is 4.39 Å². The fraction of sp³-hybridized carbons (Fsp3) is 0.222. The second kappa shape index (κ2) is 4.24. The average Bonchev–Trinajstić information content (AvgIpc) is 2.08. The molecule has 1 aromatic carbocycles. The van der Waals surface area contributed by atoms with Gasteiger partial charge >= 0.3 is 0 Å². The van der Waals surface area contributed by atoms with Crippen LogP contribution in [0, 0.1) is 5.82 Å². The average molecular weight is 263 g/mol. The molecule has 0 heterocycles. The van der Waals surface area contributed by atoms with Gasteiger partial charge in [0.25, 0.3) is 0 Å². The lowest BCUT2D eigenvalue weighted by Crippen LogP contribution is -2.11. The van der Waals surface area contributed by atoms with E-state index >= 15 is 0 Å². The summed E-state index contributed by atoms with van der Waals surface area (Å²) in [6.45, 7) is 1.69. The van der Waals surface area contributed by atoms with Gasteiger partial charge in [-0.25, -0.2) is 4.39 Å². The molecule has 0 N–H and O–H groups in total. The van der Waals surface area contributed by atoms with Crippen LogP contribution < -0.4 is 0 Å². The summed E-state index contributed by atoms with van der Waals surface area (Å²) in [4.78, 5) is 11.6. The lowest BCUT2D eigenvalue weighted by molar-refractivity contribution is 0.0992. The van der Waals surface area contributed by atoms with Gasteiger partial charge in [-0.3, -0.25) is 4.79 Å². The number of ketones is 1. The van der Waals surface area contributed by atoms with Crippen LogP contribution in [-0.2, 0) is 0 Å². The molecule has 70 valence electrons. The molecule has 1 unspecified atom stereocenters. The smallest absolute Gasteiger partial charge is 0.177 e. The van der Waals surface area contributed by atoms with E-state index in [1.807, 2.05) is 0 Å². The van der Waals surface area contributed by atoms with Crippen molar-refractivity contribution in [2.45, 2.75) is 16.6 Å². The van der Waals surface area contributed by atoms with Gasteiger partial charge in [0.2, 0.25) is 0 Å². The highest BCUT2D eigenvalue weighted by atomic mass is 79.9. The number of hydrogen-bond acceptors (Lipinski definition) is 2. The number of Topliss-reactive ketones (excluding diaryl/α,β-unsaturated/α-hetero) is 1. The highest BCUT2D eigenvalue weighted by molar-refractivity contribution is 9.10. The maximum absolute atomic E-state index is 12.8. The van der Waals surface area contributed by atoms with E-state index in [9.17, 15) is 9.18 Å². The first-order valence-corrected chi connectivity index (χ1v) is 5.05. The van der Waals surface area contributed by atoms with Crippen molar-refractivity contribution in [1.29, 1.82) is 0 Å². The Morgan fingerprint density at radius 3 is 2.77 bits per heavy atom. The van der Waals surface area contributed by atoms with Crippen LogP contribution in [0.2, 0.25) is 0 Å². The van der Waals surface area contributed by atoms with Gasteiger partial charge < -0.3 is 0 Å². The van der Waals surface area contributed by atoms with Gasteiger partial charge in [-0.1, -0.05) is 15.9 Å². The van der Waals surface area contributed by atoms with E-state index in [1.54, 1.807) is 6.92 Å². The zero-order valence-electron chi connectivity index (χ0n) is 6.92. The predicted octanol–water partition coefficient (Wildman–Crippen LogP) is 3.08. The molecule has 0 saturated heterocycles. The number of alkyl halides is 1. The van der Waals surface area contributed by atoms with E-state index < -0.39 is 5.82 Å². The van der Waals surface area contributed by atoms with Crippen LogP contribution in [0.3, 0.4) is 0 Å². The zero-order valence-corrected chi connectivity index (χ0v) is 9.40. The molecule has 0 spiro atoms. The van der Waals surface area contributed by atoms with Crippen molar-refractivity contribution in [3.05, 3.63) is 29.6 Å². The highest BCUT2D eigenvalue weighted by Crippen LogP contribution is 2.19. The summed E-state index contributed by atoms with van der Waals surface area (Å²) in [6.07, 6.45) is 0. The van der Waals surface area contributed by atoms with Gasteiger partial charge in [-0.05, 0) is 25.1 Å². The number of carbonyl (C=O) groups excluding carboxylic acids is 1. The molecular weight excluding hydrogens is 255 g/mol. The van der Waals surface area contributed by atoms with E-state index in [0.717, 1.165) is 0 Å². The van der Waals surface area contributed by atoms with Gasteiger partial charge in [0.15, 0.2) is 5.78 Å². The van der Waals surface area contributed by atoms with Crippen molar-refractivity contribution in [1.82, 2.24) is 0 Å². The molecule has 0 aliphatic heterocycles. The molecule has 0 aliphatic rings. The van der Waals surface area contributed by atoms with Crippen molar-refractivity contribution in [3.63, 3.8) is 0 Å². The zero-order chi connectivity index (χ0) is 10.0. The first-order chi connectivity index (χ1) is 6.02. The second-order valence-electron chi connectivity index (χ2n) is 2.64. The van der Waals surface area contributed by atoms with E-state index in [1.165, 1.54) is 18.2 Å². The number of rotatable bonds is 2. The summed E-state index contributed by atoms with van der Waals surface area (Å²) in [6, 6.07) is 3.95. The Bertz CT molecular complexity index is 338. The number of halogens is 2. The summed E-state index contributed by atoms with van der Waals surface area (Å²) >= 11 is 7.20. The molecule has 0 amide bonds. The standard InChI is InChI=1S/C9H8BrFOS/c1-5(10)9(12)7-4-6(11)2-3-8(7)13/h2-5,13H,1H3. The highest BCUT2D eigenvalue weighted by Gasteiger charge is 2.15. The molecule has 1 aromatic rings. The lowest BCUT2D eigenvalue weighted by atomic mass is 10.1. The normalized spacial score (nSPS) is 12.6. The molecule has 0 aliphatic carbocycles. The Balaban J connectivity index is 3.13. The maximum Gasteiger partial charge on any atom is 0.177 e. The molecule has 1 nitrogen and oxygen atoms in total. The van der Waals surface area contributed by atoms with Crippen molar-refractivity contribution < 1.29 is 9.18 Å². The minimum absolute atomic E-state index is 0.162. The fourth-order valence-electron chi connectivity index (χ4n) is 0.920. The van der Waals surface area contributed by atoms with Crippen LogP contribution >= 0.6 is 28.6 Å². The van der Waals surface area contributed by atoms with Crippen LogP contribution in [0.15, 0.2) is 23.1 Å². The molecule has 1 atom stereocenters. The van der Waals surface area contributed by atoms with Gasteiger partial charge in [0.05, 0.1) is 4.83 Å². The number of hydrogen-bond donors (Lipinski definition) is 1. The topological polar surface area (TPSA) is 17.1 Å². The summed E-state index contributed by atoms with van der Waals surface area (Å²) in [5.74, 6) is -0.584. The summed E-state index contributed by atoms with van der Waals surface area (Å²) in [7, 11) is 0. The van der Waals surface area contributed by atoms with Crippen LogP contribution in [0.25, 0.3) is 0 Å². The minimum Gasteiger partial charge on any atom is -0.293 e. The predicted molar refractivity (Wildman–Crippen MR) is 56.4 cm³/mol. The van der Waals surface area contributed by atoms with Gasteiger partial charge in [-0.2, -0.15) is 0 Å². The number of benzene rings is 1. The van der Waals surface area contributed by atoms with Crippen LogP contribution in [-0.4, -0.2) is 10.6 Å². The lowest BCUT2D eigenvalue weighted by Gasteiger charge is -2.05. The Hall–Kier alpha value is -0.350. The molecule has 4 heteroatoms. The maximum atomic E-state index is 12.8. The van der Waals surface area contributed by atoms with Crippen molar-refractivity contribution in [3.8, 4) is 0 Å². The van der Waals surface area contributed by atoms with Crippen molar-refractivity contribution in [2.24, 2.45) is 0 Å². The van der Waals surface area contributed by atoms with Gasteiger partial charge in [0.1, 0.15) is 5.82 Å². The third kappa shape index (κ3) is 2.54. The Morgan fingerprint density at radius 2 is 2.23 bits per heavy atom. The Morgan fingerprint density at radius 1 is 1.62 bits per heavy atom.